The van der Waals surface area contributed by atoms with Gasteiger partial charge in [-0.05, 0) is 49.1 Å². The number of aromatic hydroxyl groups is 1. The van der Waals surface area contributed by atoms with Gasteiger partial charge in [0.15, 0.2) is 11.0 Å². The zero-order valence-corrected chi connectivity index (χ0v) is 19.7. The quantitative estimate of drug-likeness (QED) is 0.455. The fourth-order valence-electron chi connectivity index (χ4n) is 3.94. The second-order valence-electron chi connectivity index (χ2n) is 7.86. The van der Waals surface area contributed by atoms with E-state index >= 15 is 0 Å². The first-order valence-electron chi connectivity index (χ1n) is 10.4. The molecule has 31 heavy (non-hydrogen) atoms. The fraction of sp³-hybridized carbons (Fsp3) is 0.348. The molecule has 1 aromatic heterocycles. The Labute approximate surface area is 194 Å². The number of nitrogens with one attached hydrogen (secondary N) is 1. The molecule has 0 spiro atoms. The third-order valence-electron chi connectivity index (χ3n) is 5.64. The van der Waals surface area contributed by atoms with Gasteiger partial charge >= 0.3 is 0 Å². The molecule has 1 fully saturated rings. The minimum Gasteiger partial charge on any atom is -0.507 e. The number of hydrogen-bond donors (Lipinski definition) is 2. The predicted octanol–water partition coefficient (Wildman–Crippen LogP) is 5.19. The van der Waals surface area contributed by atoms with Crippen LogP contribution in [0.25, 0.3) is 17.1 Å². The van der Waals surface area contributed by atoms with E-state index in [2.05, 4.69) is 38.4 Å². The van der Waals surface area contributed by atoms with Crippen LogP contribution in [0, 0.1) is 5.92 Å². The third-order valence-corrected chi connectivity index (χ3v) is 7.06. The summed E-state index contributed by atoms with van der Waals surface area (Å²) in [6, 6.07) is 15.2. The molecule has 162 valence electrons. The summed E-state index contributed by atoms with van der Waals surface area (Å²) in [6.45, 7) is 2.21. The molecule has 8 heteroatoms. The van der Waals surface area contributed by atoms with E-state index in [1.54, 1.807) is 12.1 Å². The van der Waals surface area contributed by atoms with Gasteiger partial charge in [0, 0.05) is 16.2 Å². The van der Waals surface area contributed by atoms with Gasteiger partial charge in [-0.25, -0.2) is 0 Å². The largest absolute Gasteiger partial charge is 0.507 e. The Bertz CT molecular complexity index is 1060. The van der Waals surface area contributed by atoms with Crippen LogP contribution in [-0.2, 0) is 4.79 Å². The zero-order valence-electron chi connectivity index (χ0n) is 17.3. The van der Waals surface area contributed by atoms with Crippen molar-refractivity contribution < 1.29 is 9.90 Å². The van der Waals surface area contributed by atoms with E-state index < -0.39 is 0 Å². The number of para-hydroxylation sites is 1. The number of thioether (sulfide) groups is 1. The van der Waals surface area contributed by atoms with Crippen LogP contribution >= 0.6 is 27.7 Å². The molecule has 2 atom stereocenters. The van der Waals surface area contributed by atoms with Gasteiger partial charge < -0.3 is 10.4 Å². The molecular weight excluding hydrogens is 476 g/mol. The first kappa shape index (κ1) is 21.9. The standard InChI is InChI=1S/C23H25BrN4O2S/c1-15-7-5-6-10-19(15)25-21(30)14-31-23-27-26-22(18-13-16(24)11-12-20(18)29)28(23)17-8-3-2-4-9-17/h2-4,8-9,11-13,15,19,29H,5-7,10,14H2,1H3,(H,25,30)/t15-,19+/m1/s1. The number of hydrogen-bond acceptors (Lipinski definition) is 5. The van der Waals surface area contributed by atoms with Gasteiger partial charge in [-0.1, -0.05) is 65.7 Å². The number of nitrogens with zero attached hydrogens (tertiary/aromatic N) is 3. The second-order valence-corrected chi connectivity index (χ2v) is 9.72. The van der Waals surface area contributed by atoms with Crippen molar-refractivity contribution in [3.05, 3.63) is 53.0 Å². The van der Waals surface area contributed by atoms with Crippen LogP contribution in [0.5, 0.6) is 5.75 Å². The van der Waals surface area contributed by atoms with Crippen LogP contribution < -0.4 is 5.32 Å². The van der Waals surface area contributed by atoms with Gasteiger partial charge in [0.1, 0.15) is 5.75 Å². The molecule has 3 aromatic rings. The number of rotatable bonds is 6. The number of phenols is 1. The van der Waals surface area contributed by atoms with Crippen molar-refractivity contribution in [2.75, 3.05) is 5.75 Å². The summed E-state index contributed by atoms with van der Waals surface area (Å²) in [7, 11) is 0. The average molecular weight is 501 g/mol. The normalized spacial score (nSPS) is 18.6. The highest BCUT2D eigenvalue weighted by Crippen LogP contribution is 2.34. The molecule has 0 saturated heterocycles. The van der Waals surface area contributed by atoms with E-state index in [0.717, 1.165) is 16.6 Å². The highest BCUT2D eigenvalue weighted by Gasteiger charge is 2.24. The molecule has 2 N–H and O–H groups in total. The maximum atomic E-state index is 12.6. The molecule has 1 aliphatic carbocycles. The predicted molar refractivity (Wildman–Crippen MR) is 126 cm³/mol. The highest BCUT2D eigenvalue weighted by molar-refractivity contribution is 9.10. The van der Waals surface area contributed by atoms with E-state index in [1.807, 2.05) is 41.0 Å². The lowest BCUT2D eigenvalue weighted by Crippen LogP contribution is -2.41. The molecule has 1 saturated carbocycles. The Morgan fingerprint density at radius 1 is 1.19 bits per heavy atom. The minimum atomic E-state index is 0.0122. The number of amides is 1. The van der Waals surface area contributed by atoms with Gasteiger partial charge in [-0.2, -0.15) is 0 Å². The molecule has 1 heterocycles. The zero-order chi connectivity index (χ0) is 21.8. The minimum absolute atomic E-state index is 0.0122. The molecule has 1 amide bonds. The number of carbonyl (C=O) groups excluding carboxylic acids is 1. The third kappa shape index (κ3) is 5.13. The number of halogens is 1. The maximum absolute atomic E-state index is 12.6. The van der Waals surface area contributed by atoms with Crippen LogP contribution in [-0.4, -0.2) is 37.6 Å². The van der Waals surface area contributed by atoms with Crippen LogP contribution in [0.1, 0.15) is 32.6 Å². The van der Waals surface area contributed by atoms with Crippen molar-refractivity contribution in [3.63, 3.8) is 0 Å². The Morgan fingerprint density at radius 2 is 1.97 bits per heavy atom. The van der Waals surface area contributed by atoms with Gasteiger partial charge in [0.05, 0.1) is 11.3 Å². The van der Waals surface area contributed by atoms with Gasteiger partial charge in [-0.3, -0.25) is 9.36 Å². The lowest BCUT2D eigenvalue weighted by molar-refractivity contribution is -0.119. The van der Waals surface area contributed by atoms with Crippen LogP contribution in [0.15, 0.2) is 58.2 Å². The summed E-state index contributed by atoms with van der Waals surface area (Å²) < 4.78 is 2.71. The first-order chi connectivity index (χ1) is 15.0. The first-order valence-corrected chi connectivity index (χ1v) is 12.2. The Kier molecular flexibility index (Phi) is 6.97. The van der Waals surface area contributed by atoms with E-state index in [9.17, 15) is 9.90 Å². The Balaban J connectivity index is 1.58. The molecule has 0 unspecified atom stereocenters. The number of benzene rings is 2. The smallest absolute Gasteiger partial charge is 0.230 e. The van der Waals surface area contributed by atoms with Crippen molar-refractivity contribution >= 4 is 33.6 Å². The molecule has 6 nitrogen and oxygen atoms in total. The van der Waals surface area contributed by atoms with E-state index in [1.165, 1.54) is 31.0 Å². The second kappa shape index (κ2) is 9.87. The summed E-state index contributed by atoms with van der Waals surface area (Å²) in [5, 5.41) is 22.9. The summed E-state index contributed by atoms with van der Waals surface area (Å²) in [5.74, 6) is 1.43. The number of phenolic OH excluding ortho intramolecular Hbond substituents is 1. The molecule has 1 aliphatic rings. The number of aromatic nitrogens is 3. The molecular formula is C23H25BrN4O2S. The lowest BCUT2D eigenvalue weighted by Gasteiger charge is -2.29. The van der Waals surface area contributed by atoms with Crippen molar-refractivity contribution in [2.45, 2.75) is 43.8 Å². The summed E-state index contributed by atoms with van der Waals surface area (Å²) in [6.07, 6.45) is 4.63. The average Bonchev–Trinajstić information content (AvgIpc) is 3.20. The van der Waals surface area contributed by atoms with Crippen LogP contribution in [0.3, 0.4) is 0 Å². The summed E-state index contributed by atoms with van der Waals surface area (Å²) in [5.41, 5.74) is 1.43. The van der Waals surface area contributed by atoms with Gasteiger partial charge in [-0.15, -0.1) is 10.2 Å². The maximum Gasteiger partial charge on any atom is 0.230 e. The van der Waals surface area contributed by atoms with E-state index in [-0.39, 0.29) is 23.5 Å². The van der Waals surface area contributed by atoms with Crippen molar-refractivity contribution in [1.82, 2.24) is 20.1 Å². The molecule has 0 aliphatic heterocycles. The van der Waals surface area contributed by atoms with Crippen LogP contribution in [0.2, 0.25) is 0 Å². The Morgan fingerprint density at radius 3 is 2.74 bits per heavy atom. The molecule has 2 aromatic carbocycles. The highest BCUT2D eigenvalue weighted by atomic mass is 79.9. The summed E-state index contributed by atoms with van der Waals surface area (Å²) >= 11 is 4.81. The summed E-state index contributed by atoms with van der Waals surface area (Å²) in [4.78, 5) is 12.6. The van der Waals surface area contributed by atoms with Crippen molar-refractivity contribution in [2.24, 2.45) is 5.92 Å². The van der Waals surface area contributed by atoms with E-state index in [4.69, 9.17) is 0 Å². The number of carbonyl (C=O) groups is 1. The Hall–Kier alpha value is -2.32. The monoisotopic (exact) mass is 500 g/mol. The van der Waals surface area contributed by atoms with Gasteiger partial charge in [0.2, 0.25) is 5.91 Å². The van der Waals surface area contributed by atoms with Crippen molar-refractivity contribution in [1.29, 1.82) is 0 Å². The van der Waals surface area contributed by atoms with Crippen LogP contribution in [0.4, 0.5) is 0 Å². The molecule has 4 rings (SSSR count). The fourth-order valence-corrected chi connectivity index (χ4v) is 5.07. The lowest BCUT2D eigenvalue weighted by atomic mass is 9.86. The van der Waals surface area contributed by atoms with Crippen molar-refractivity contribution in [3.8, 4) is 22.8 Å². The molecule has 0 bridgehead atoms. The van der Waals surface area contributed by atoms with E-state index in [0.29, 0.717) is 22.5 Å². The topological polar surface area (TPSA) is 80.0 Å². The molecule has 0 radical (unpaired) electrons. The SMILES string of the molecule is C[C@@H]1CCCC[C@@H]1NC(=O)CSc1nnc(-c2cc(Br)ccc2O)n1-c1ccccc1. The van der Waals surface area contributed by atoms with Gasteiger partial charge in [0.25, 0.3) is 0 Å².